The van der Waals surface area contributed by atoms with Crippen molar-refractivity contribution in [2.45, 2.75) is 58.8 Å². The van der Waals surface area contributed by atoms with Gasteiger partial charge in [-0.25, -0.2) is 13.2 Å². The van der Waals surface area contributed by atoms with Crippen molar-refractivity contribution in [3.05, 3.63) is 87.3 Å². The number of anilines is 1. The van der Waals surface area contributed by atoms with E-state index in [9.17, 15) is 14.0 Å². The molecule has 0 radical (unpaired) electrons. The van der Waals surface area contributed by atoms with E-state index in [-0.39, 0.29) is 28.4 Å². The number of aromatic nitrogens is 1. The second-order valence-electron chi connectivity index (χ2n) is 10.6. The van der Waals surface area contributed by atoms with Crippen LogP contribution in [0.4, 0.5) is 24.7 Å². The summed E-state index contributed by atoms with van der Waals surface area (Å²) in [5, 5.41) is 2.26. The third-order valence-corrected chi connectivity index (χ3v) is 7.09. The molecule has 0 spiro atoms. The quantitative estimate of drug-likeness (QED) is 0.339. The maximum atomic E-state index is 15.1. The summed E-state index contributed by atoms with van der Waals surface area (Å²) in [4.78, 5) is 30.1. The third kappa shape index (κ3) is 5.10. The highest BCUT2D eigenvalue weighted by Crippen LogP contribution is 2.37. The van der Waals surface area contributed by atoms with Gasteiger partial charge in [0.2, 0.25) is 5.82 Å². The van der Waals surface area contributed by atoms with Crippen molar-refractivity contribution in [2.24, 2.45) is 0 Å². The number of benzene rings is 2. The van der Waals surface area contributed by atoms with Crippen LogP contribution in [0.3, 0.4) is 0 Å². The molecule has 1 saturated heterocycles. The van der Waals surface area contributed by atoms with Gasteiger partial charge >= 0.3 is 7.12 Å². The van der Waals surface area contributed by atoms with Crippen LogP contribution in [0, 0.1) is 24.0 Å². The highest BCUT2D eigenvalue weighted by molar-refractivity contribution is 6.62. The van der Waals surface area contributed by atoms with Crippen molar-refractivity contribution in [3.63, 3.8) is 0 Å². The number of hydrogen-bond acceptors (Lipinski definition) is 4. The second kappa shape index (κ2) is 10.0. The largest absolute Gasteiger partial charge is 0.497 e. The Balaban J connectivity index is 1.74. The highest BCUT2D eigenvalue weighted by Gasteiger charge is 2.52. The van der Waals surface area contributed by atoms with Gasteiger partial charge in [0.1, 0.15) is 23.0 Å². The van der Waals surface area contributed by atoms with E-state index in [1.54, 1.807) is 41.5 Å². The molecule has 7 nitrogen and oxygen atoms in total. The SMILES string of the molecule is [C-]#[N+]c1c(-c2ccc(F)cc2)c(=O)c(C(=O)Nc2cc(F)c(B3OC(C)(C)C(C)(C)O3)cc2F)cn1C(C)C. The topological polar surface area (TPSA) is 73.9 Å². The summed E-state index contributed by atoms with van der Waals surface area (Å²) in [5.74, 6) is -3.42. The van der Waals surface area contributed by atoms with Crippen LogP contribution in [0.15, 0.2) is 47.4 Å². The first-order valence-corrected chi connectivity index (χ1v) is 12.3. The molecule has 2 heterocycles. The van der Waals surface area contributed by atoms with Gasteiger partial charge in [0.15, 0.2) is 5.43 Å². The first kappa shape index (κ1) is 28.1. The lowest BCUT2D eigenvalue weighted by Crippen LogP contribution is -2.41. The Bertz CT molecular complexity index is 1540. The first-order valence-electron chi connectivity index (χ1n) is 12.3. The molecule has 202 valence electrons. The van der Waals surface area contributed by atoms with Crippen LogP contribution in [-0.2, 0) is 9.31 Å². The Morgan fingerprint density at radius 3 is 2.15 bits per heavy atom. The Hall–Kier alpha value is -3.88. The number of halogens is 3. The molecule has 0 unspecified atom stereocenters. The predicted molar refractivity (Wildman–Crippen MR) is 143 cm³/mol. The molecule has 1 fully saturated rings. The van der Waals surface area contributed by atoms with Gasteiger partial charge in [0, 0.05) is 11.5 Å². The normalized spacial score (nSPS) is 15.9. The molecule has 1 aliphatic heterocycles. The summed E-state index contributed by atoms with van der Waals surface area (Å²) >= 11 is 0. The first-order chi connectivity index (χ1) is 18.2. The lowest BCUT2D eigenvalue weighted by molar-refractivity contribution is 0.00578. The number of carbonyl (C=O) groups is 1. The van der Waals surface area contributed by atoms with Crippen LogP contribution in [0.2, 0.25) is 0 Å². The summed E-state index contributed by atoms with van der Waals surface area (Å²) in [5.41, 5.74) is -3.29. The van der Waals surface area contributed by atoms with E-state index in [0.717, 1.165) is 24.3 Å². The van der Waals surface area contributed by atoms with Gasteiger partial charge in [0.25, 0.3) is 5.91 Å². The van der Waals surface area contributed by atoms with Crippen LogP contribution in [0.1, 0.15) is 57.9 Å². The second-order valence-corrected chi connectivity index (χ2v) is 10.6. The Labute approximate surface area is 224 Å². The minimum Gasteiger partial charge on any atom is -0.399 e. The van der Waals surface area contributed by atoms with Crippen LogP contribution in [0.5, 0.6) is 0 Å². The van der Waals surface area contributed by atoms with Crippen molar-refractivity contribution in [1.82, 2.24) is 4.57 Å². The summed E-state index contributed by atoms with van der Waals surface area (Å²) in [7, 11) is -1.16. The standard InChI is InChI=1S/C28H27BF3N3O4/c1-15(2)35-14-18(24(36)23(25(35)33-7)16-8-10-17(30)11-9-16)26(37)34-22-13-20(31)19(12-21(22)32)29-38-27(3,4)28(5,6)39-29/h8-15H,1-6H3,(H,34,37). The van der Waals surface area contributed by atoms with Crippen LogP contribution >= 0.6 is 0 Å². The van der Waals surface area contributed by atoms with E-state index in [0.29, 0.717) is 0 Å². The monoisotopic (exact) mass is 537 g/mol. The fourth-order valence-electron chi connectivity index (χ4n) is 4.17. The van der Waals surface area contributed by atoms with Crippen LogP contribution in [-0.4, -0.2) is 28.8 Å². The van der Waals surface area contributed by atoms with Crippen LogP contribution < -0.4 is 16.2 Å². The molecular formula is C28H27BF3N3O4. The Kier molecular flexibility index (Phi) is 7.23. The van der Waals surface area contributed by atoms with Gasteiger partial charge in [-0.1, -0.05) is 18.7 Å². The Morgan fingerprint density at radius 1 is 1.03 bits per heavy atom. The average molecular weight is 537 g/mol. The number of nitrogens with one attached hydrogen (secondary N) is 1. The van der Waals surface area contributed by atoms with Gasteiger partial charge in [-0.3, -0.25) is 14.2 Å². The maximum Gasteiger partial charge on any atom is 0.497 e. The molecule has 1 aliphatic rings. The van der Waals surface area contributed by atoms with E-state index < -0.39 is 58.4 Å². The number of pyridine rings is 1. The van der Waals surface area contributed by atoms with Crippen molar-refractivity contribution < 1.29 is 27.3 Å². The number of rotatable bonds is 5. The fourth-order valence-corrected chi connectivity index (χ4v) is 4.17. The predicted octanol–water partition coefficient (Wildman–Crippen LogP) is 5.62. The molecular weight excluding hydrogens is 510 g/mol. The van der Waals surface area contributed by atoms with Crippen LogP contribution in [0.25, 0.3) is 16.0 Å². The van der Waals surface area contributed by atoms with Crippen molar-refractivity contribution in [1.29, 1.82) is 0 Å². The van der Waals surface area contributed by atoms with E-state index in [1.165, 1.54) is 22.9 Å². The Morgan fingerprint density at radius 2 is 1.62 bits per heavy atom. The van der Waals surface area contributed by atoms with Crippen molar-refractivity contribution in [3.8, 4) is 11.1 Å². The fraction of sp³-hybridized carbons (Fsp3) is 0.321. The van der Waals surface area contributed by atoms with E-state index in [1.807, 2.05) is 0 Å². The van der Waals surface area contributed by atoms with E-state index >= 15 is 8.78 Å². The molecule has 39 heavy (non-hydrogen) atoms. The zero-order valence-electron chi connectivity index (χ0n) is 22.4. The zero-order chi connectivity index (χ0) is 28.9. The van der Waals surface area contributed by atoms with Gasteiger partial charge in [-0.2, -0.15) is 0 Å². The summed E-state index contributed by atoms with van der Waals surface area (Å²) in [6, 6.07) is 6.26. The lowest BCUT2D eigenvalue weighted by Gasteiger charge is -2.32. The van der Waals surface area contributed by atoms with Gasteiger partial charge in [0.05, 0.1) is 34.7 Å². The van der Waals surface area contributed by atoms with E-state index in [2.05, 4.69) is 10.2 Å². The highest BCUT2D eigenvalue weighted by atomic mass is 19.1. The van der Waals surface area contributed by atoms with E-state index in [4.69, 9.17) is 15.9 Å². The molecule has 0 saturated carbocycles. The minimum atomic E-state index is -1.16. The molecule has 1 amide bonds. The molecule has 1 aromatic heterocycles. The summed E-state index contributed by atoms with van der Waals surface area (Å²) < 4.78 is 56.8. The van der Waals surface area contributed by atoms with Crippen molar-refractivity contribution in [2.75, 3.05) is 5.32 Å². The van der Waals surface area contributed by atoms with Gasteiger partial charge in [-0.15, -0.1) is 0 Å². The molecule has 0 aliphatic carbocycles. The summed E-state index contributed by atoms with van der Waals surface area (Å²) in [6.07, 6.45) is 1.20. The molecule has 0 bridgehead atoms. The minimum absolute atomic E-state index is 0.0397. The molecule has 0 atom stereocenters. The van der Waals surface area contributed by atoms with Gasteiger partial charge in [-0.05, 0) is 65.3 Å². The molecule has 4 rings (SSSR count). The molecule has 3 aromatic rings. The maximum absolute atomic E-state index is 15.1. The smallest absolute Gasteiger partial charge is 0.399 e. The summed E-state index contributed by atoms with van der Waals surface area (Å²) in [6.45, 7) is 18.2. The molecule has 11 heteroatoms. The lowest BCUT2D eigenvalue weighted by atomic mass is 9.78. The van der Waals surface area contributed by atoms with Crippen molar-refractivity contribution >= 4 is 30.0 Å². The number of hydrogen-bond donors (Lipinski definition) is 1. The number of carbonyl (C=O) groups excluding carboxylic acids is 1. The molecule has 2 aromatic carbocycles. The third-order valence-electron chi connectivity index (χ3n) is 7.09. The average Bonchev–Trinajstić information content (AvgIpc) is 3.07. The number of amides is 1. The molecule has 1 N–H and O–H groups in total. The zero-order valence-corrected chi connectivity index (χ0v) is 22.4. The number of nitrogens with zero attached hydrogens (tertiary/aromatic N) is 2. The van der Waals surface area contributed by atoms with Gasteiger partial charge < -0.3 is 19.5 Å².